The number of halogens is 2. The number of hydrogen-bond donors (Lipinski definition) is 2. The molecule has 0 aliphatic carbocycles. The van der Waals surface area contributed by atoms with Crippen molar-refractivity contribution in [2.24, 2.45) is 5.73 Å². The maximum absolute atomic E-state index is 13.4. The fraction of sp³-hybridized carbons (Fsp3) is 0.125. The lowest BCUT2D eigenvalue weighted by molar-refractivity contribution is 0.628. The normalized spacial score (nSPS) is 11.4. The van der Waals surface area contributed by atoms with Gasteiger partial charge in [-0.15, -0.1) is 12.4 Å². The van der Waals surface area contributed by atoms with Gasteiger partial charge in [-0.05, 0) is 41.8 Å². The molecule has 0 saturated carbocycles. The van der Waals surface area contributed by atoms with Gasteiger partial charge in [-0.25, -0.2) is 14.4 Å². The molecule has 2 heterocycles. The van der Waals surface area contributed by atoms with Crippen molar-refractivity contribution in [1.29, 1.82) is 0 Å². The molecule has 2 aromatic carbocycles. The minimum atomic E-state index is -0.282. The third kappa shape index (κ3) is 5.84. The van der Waals surface area contributed by atoms with E-state index in [1.165, 1.54) is 17.7 Å². The van der Waals surface area contributed by atoms with Crippen molar-refractivity contribution in [1.82, 2.24) is 15.0 Å². The van der Waals surface area contributed by atoms with E-state index in [4.69, 9.17) is 10.7 Å². The van der Waals surface area contributed by atoms with E-state index in [0.29, 0.717) is 12.5 Å². The molecule has 0 radical (unpaired) electrons. The number of rotatable bonds is 7. The van der Waals surface area contributed by atoms with E-state index in [-0.39, 0.29) is 24.3 Å². The highest BCUT2D eigenvalue weighted by Gasteiger charge is 2.13. The molecule has 4 rings (SSSR count). The molecule has 0 aliphatic heterocycles. The van der Waals surface area contributed by atoms with Crippen LogP contribution in [-0.2, 0) is 6.42 Å². The minimum absolute atomic E-state index is 0. The molecule has 5 nitrogen and oxygen atoms in total. The molecule has 7 heteroatoms. The van der Waals surface area contributed by atoms with E-state index in [9.17, 15) is 4.39 Å². The summed E-state index contributed by atoms with van der Waals surface area (Å²) >= 11 is 0. The van der Waals surface area contributed by atoms with Crippen LogP contribution >= 0.6 is 12.4 Å². The van der Waals surface area contributed by atoms with E-state index in [1.54, 1.807) is 30.7 Å². The largest absolute Gasteiger partial charge is 0.353 e. The highest BCUT2D eigenvalue weighted by Crippen LogP contribution is 2.30. The molecule has 0 aliphatic rings. The number of nitrogens with two attached hydrogens (primary N) is 1. The summed E-state index contributed by atoms with van der Waals surface area (Å²) in [5.41, 5.74) is 10.8. The van der Waals surface area contributed by atoms with Crippen molar-refractivity contribution in [3.8, 4) is 22.4 Å². The summed E-state index contributed by atoms with van der Waals surface area (Å²) in [6.45, 7) is 0.542. The summed E-state index contributed by atoms with van der Waals surface area (Å²) in [7, 11) is 0. The summed E-state index contributed by atoms with van der Waals surface area (Å²) in [4.78, 5) is 13.3. The Hall–Kier alpha value is -3.35. The van der Waals surface area contributed by atoms with Gasteiger partial charge in [0.05, 0.1) is 5.69 Å². The van der Waals surface area contributed by atoms with E-state index in [1.807, 2.05) is 30.3 Å². The van der Waals surface area contributed by atoms with Gasteiger partial charge in [-0.3, -0.25) is 4.98 Å². The minimum Gasteiger partial charge on any atom is -0.353 e. The average molecular weight is 436 g/mol. The number of benzene rings is 2. The van der Waals surface area contributed by atoms with E-state index < -0.39 is 0 Å². The van der Waals surface area contributed by atoms with Crippen LogP contribution < -0.4 is 11.1 Å². The van der Waals surface area contributed by atoms with Crippen LogP contribution in [0.25, 0.3) is 22.4 Å². The second-order valence-corrected chi connectivity index (χ2v) is 7.03. The third-order valence-corrected chi connectivity index (χ3v) is 4.76. The molecule has 0 spiro atoms. The molecular weight excluding hydrogens is 413 g/mol. The molecule has 0 bridgehead atoms. The van der Waals surface area contributed by atoms with Crippen LogP contribution in [0, 0.1) is 5.82 Å². The first kappa shape index (κ1) is 22.3. The maximum Gasteiger partial charge on any atom is 0.223 e. The third-order valence-electron chi connectivity index (χ3n) is 4.76. The van der Waals surface area contributed by atoms with Crippen LogP contribution in [0.2, 0.25) is 0 Å². The summed E-state index contributed by atoms with van der Waals surface area (Å²) in [5, 5.41) is 3.24. The second-order valence-electron chi connectivity index (χ2n) is 7.03. The van der Waals surface area contributed by atoms with Crippen LogP contribution in [0.15, 0.2) is 85.3 Å². The molecule has 0 amide bonds. The zero-order valence-corrected chi connectivity index (χ0v) is 17.6. The number of nitrogens with zero attached hydrogens (tertiary/aromatic N) is 3. The molecule has 0 saturated heterocycles. The van der Waals surface area contributed by atoms with Gasteiger partial charge in [0.25, 0.3) is 0 Å². The number of hydrogen-bond acceptors (Lipinski definition) is 5. The fourth-order valence-corrected chi connectivity index (χ4v) is 3.25. The summed E-state index contributed by atoms with van der Waals surface area (Å²) in [6.07, 6.45) is 5.95. The summed E-state index contributed by atoms with van der Waals surface area (Å²) in [5.74, 6) is 0.215. The van der Waals surface area contributed by atoms with Crippen molar-refractivity contribution in [3.63, 3.8) is 0 Å². The average Bonchev–Trinajstić information content (AvgIpc) is 2.79. The smallest absolute Gasteiger partial charge is 0.223 e. The first-order chi connectivity index (χ1) is 14.7. The fourth-order valence-electron chi connectivity index (χ4n) is 3.25. The number of aromatic nitrogens is 3. The molecule has 31 heavy (non-hydrogen) atoms. The van der Waals surface area contributed by atoms with Gasteiger partial charge >= 0.3 is 0 Å². The highest BCUT2D eigenvalue weighted by molar-refractivity contribution is 5.85. The van der Waals surface area contributed by atoms with Crippen LogP contribution in [0.1, 0.15) is 5.56 Å². The highest BCUT2D eigenvalue weighted by atomic mass is 35.5. The standard InChI is InChI=1S/C24H22FN5.ClH/c25-20-8-6-18(7-9-20)22-16-29-24(30-23(22)19-10-12-27-13-11-19)28-15-21(26)14-17-4-2-1-3-5-17;/h1-13,16,21H,14-15,26H2,(H,28,29,30);1H. The molecule has 2 aromatic heterocycles. The van der Waals surface area contributed by atoms with Crippen molar-refractivity contribution < 1.29 is 4.39 Å². The number of anilines is 1. The van der Waals surface area contributed by atoms with Gasteiger partial charge in [-0.1, -0.05) is 42.5 Å². The predicted molar refractivity (Wildman–Crippen MR) is 125 cm³/mol. The van der Waals surface area contributed by atoms with E-state index in [0.717, 1.165) is 28.8 Å². The van der Waals surface area contributed by atoms with Gasteiger partial charge < -0.3 is 11.1 Å². The lowest BCUT2D eigenvalue weighted by atomic mass is 10.0. The molecular formula is C24H23ClFN5. The van der Waals surface area contributed by atoms with Crippen molar-refractivity contribution in [3.05, 3.63) is 96.7 Å². The zero-order chi connectivity index (χ0) is 20.8. The lowest BCUT2D eigenvalue weighted by Crippen LogP contribution is -2.31. The summed E-state index contributed by atoms with van der Waals surface area (Å²) in [6, 6.07) is 20.2. The first-order valence-corrected chi connectivity index (χ1v) is 9.76. The van der Waals surface area contributed by atoms with Crippen LogP contribution in [0.3, 0.4) is 0 Å². The Morgan fingerprint density at radius 2 is 1.61 bits per heavy atom. The Labute approximate surface area is 187 Å². The van der Waals surface area contributed by atoms with Crippen LogP contribution in [0.4, 0.5) is 10.3 Å². The molecule has 1 unspecified atom stereocenters. The Morgan fingerprint density at radius 1 is 0.903 bits per heavy atom. The molecule has 1 atom stereocenters. The molecule has 158 valence electrons. The van der Waals surface area contributed by atoms with E-state index in [2.05, 4.69) is 27.4 Å². The molecule has 4 aromatic rings. The lowest BCUT2D eigenvalue weighted by Gasteiger charge is -2.15. The SMILES string of the molecule is Cl.NC(CNc1ncc(-c2ccc(F)cc2)c(-c2ccncc2)n1)Cc1ccccc1. The van der Waals surface area contributed by atoms with Gasteiger partial charge in [0, 0.05) is 42.3 Å². The first-order valence-electron chi connectivity index (χ1n) is 9.76. The molecule has 3 N–H and O–H groups in total. The molecule has 0 fully saturated rings. The quantitative estimate of drug-likeness (QED) is 0.438. The number of pyridine rings is 1. The monoisotopic (exact) mass is 435 g/mol. The number of nitrogens with one attached hydrogen (secondary N) is 1. The second kappa shape index (κ2) is 10.6. The van der Waals surface area contributed by atoms with Crippen molar-refractivity contribution in [2.45, 2.75) is 12.5 Å². The Balaban J connectivity index is 0.00000272. The maximum atomic E-state index is 13.4. The van der Waals surface area contributed by atoms with Crippen LogP contribution in [0.5, 0.6) is 0 Å². The van der Waals surface area contributed by atoms with Gasteiger partial charge in [0.1, 0.15) is 5.82 Å². The Morgan fingerprint density at radius 3 is 2.32 bits per heavy atom. The van der Waals surface area contributed by atoms with E-state index >= 15 is 0 Å². The van der Waals surface area contributed by atoms with Crippen LogP contribution in [-0.4, -0.2) is 27.5 Å². The zero-order valence-electron chi connectivity index (χ0n) is 16.8. The Bertz CT molecular complexity index is 1090. The van der Waals surface area contributed by atoms with Gasteiger partial charge in [-0.2, -0.15) is 0 Å². The van der Waals surface area contributed by atoms with Crippen molar-refractivity contribution >= 4 is 18.4 Å². The Kier molecular flexibility index (Phi) is 7.65. The summed E-state index contributed by atoms with van der Waals surface area (Å²) < 4.78 is 13.4. The predicted octanol–water partition coefficient (Wildman–Crippen LogP) is 4.75. The topological polar surface area (TPSA) is 76.7 Å². The van der Waals surface area contributed by atoms with Crippen molar-refractivity contribution in [2.75, 3.05) is 11.9 Å². The van der Waals surface area contributed by atoms with Gasteiger partial charge in [0.2, 0.25) is 5.95 Å². The van der Waals surface area contributed by atoms with Gasteiger partial charge in [0.15, 0.2) is 0 Å².